The summed E-state index contributed by atoms with van der Waals surface area (Å²) in [5.41, 5.74) is 0.403. The highest BCUT2D eigenvalue weighted by atomic mass is 79.9. The van der Waals surface area contributed by atoms with Gasteiger partial charge >= 0.3 is 0 Å². The van der Waals surface area contributed by atoms with Crippen LogP contribution in [-0.2, 0) is 4.79 Å². The van der Waals surface area contributed by atoms with Gasteiger partial charge in [0.2, 0.25) is 0 Å². The van der Waals surface area contributed by atoms with Crippen molar-refractivity contribution >= 4 is 27.5 Å². The van der Waals surface area contributed by atoms with Crippen molar-refractivity contribution in [2.24, 2.45) is 0 Å². The lowest BCUT2D eigenvalue weighted by Gasteiger charge is -1.98. The molecule has 0 saturated carbocycles. The summed E-state index contributed by atoms with van der Waals surface area (Å²) >= 11 is 3.18. The van der Waals surface area contributed by atoms with Crippen LogP contribution in [0.4, 0.5) is 0 Å². The van der Waals surface area contributed by atoms with Gasteiger partial charge in [-0.1, -0.05) is 6.07 Å². The minimum absolute atomic E-state index is 0.0216. The summed E-state index contributed by atoms with van der Waals surface area (Å²) in [4.78, 5) is 26.1. The molecule has 0 fully saturated rings. The molecule has 0 radical (unpaired) electrons. The molecule has 0 unspecified atom stereocenters. The van der Waals surface area contributed by atoms with E-state index in [9.17, 15) is 9.59 Å². The Bertz CT molecular complexity index is 363. The maximum Gasteiger partial charge on any atom is 0.181 e. The Labute approximate surface area is 90.7 Å². The molecule has 0 aromatic carbocycles. The molecule has 4 heteroatoms. The summed E-state index contributed by atoms with van der Waals surface area (Å²) in [6.45, 7) is 1.47. The van der Waals surface area contributed by atoms with Gasteiger partial charge in [-0.25, -0.2) is 4.98 Å². The van der Waals surface area contributed by atoms with Crippen LogP contribution in [0.1, 0.15) is 30.3 Å². The summed E-state index contributed by atoms with van der Waals surface area (Å²) in [6.07, 6.45) is 0.520. The number of hydrogen-bond donors (Lipinski definition) is 0. The Hall–Kier alpha value is -1.03. The van der Waals surface area contributed by atoms with Gasteiger partial charge in [-0.05, 0) is 35.0 Å². The van der Waals surface area contributed by atoms with Gasteiger partial charge in [0.05, 0.1) is 0 Å². The molecule has 0 atom stereocenters. The molecule has 0 bridgehead atoms. The second-order valence-corrected chi connectivity index (χ2v) is 3.78. The van der Waals surface area contributed by atoms with Crippen LogP contribution in [0, 0.1) is 0 Å². The Balaban J connectivity index is 2.65. The third-order valence-corrected chi connectivity index (χ3v) is 2.15. The zero-order valence-electron chi connectivity index (χ0n) is 7.79. The molecule has 0 aliphatic carbocycles. The molecule has 0 aliphatic heterocycles. The highest BCUT2D eigenvalue weighted by Gasteiger charge is 2.08. The molecule has 1 rings (SSSR count). The van der Waals surface area contributed by atoms with E-state index < -0.39 is 0 Å². The summed E-state index contributed by atoms with van der Waals surface area (Å²) in [7, 11) is 0. The minimum atomic E-state index is -0.0958. The molecule has 0 spiro atoms. The molecule has 1 heterocycles. The van der Waals surface area contributed by atoms with Gasteiger partial charge in [0.1, 0.15) is 16.1 Å². The number of ketones is 2. The highest BCUT2D eigenvalue weighted by molar-refractivity contribution is 9.10. The van der Waals surface area contributed by atoms with Crippen molar-refractivity contribution in [3.05, 3.63) is 28.5 Å². The second kappa shape index (κ2) is 5.00. The average Bonchev–Trinajstić information content (AvgIpc) is 2.14. The molecule has 0 aliphatic rings. The number of aromatic nitrogens is 1. The van der Waals surface area contributed by atoms with Crippen LogP contribution in [-0.4, -0.2) is 16.6 Å². The lowest BCUT2D eigenvalue weighted by Crippen LogP contribution is -2.04. The number of carbonyl (C=O) groups excluding carboxylic acids is 2. The fourth-order valence-corrected chi connectivity index (χ4v) is 1.32. The van der Waals surface area contributed by atoms with E-state index in [2.05, 4.69) is 20.9 Å². The monoisotopic (exact) mass is 255 g/mol. The summed E-state index contributed by atoms with van der Waals surface area (Å²) in [5, 5.41) is 0. The van der Waals surface area contributed by atoms with E-state index in [0.29, 0.717) is 10.3 Å². The van der Waals surface area contributed by atoms with Crippen molar-refractivity contribution in [1.29, 1.82) is 0 Å². The number of carbonyl (C=O) groups is 2. The Morgan fingerprint density at radius 2 is 2.07 bits per heavy atom. The lowest BCUT2D eigenvalue weighted by molar-refractivity contribution is -0.116. The van der Waals surface area contributed by atoms with Crippen LogP contribution in [0.5, 0.6) is 0 Å². The standard InChI is InChI=1S/C10H10BrNO2/c1-7(13)5-6-9(14)8-3-2-4-10(11)12-8/h2-4H,5-6H2,1H3. The van der Waals surface area contributed by atoms with E-state index in [1.165, 1.54) is 6.92 Å². The first kappa shape index (κ1) is 11.0. The Kier molecular flexibility index (Phi) is 3.95. The molecule has 1 aromatic rings. The number of nitrogens with zero attached hydrogens (tertiary/aromatic N) is 1. The van der Waals surface area contributed by atoms with E-state index in [0.717, 1.165) is 0 Å². The smallest absolute Gasteiger partial charge is 0.181 e. The predicted molar refractivity (Wildman–Crippen MR) is 56.2 cm³/mol. The highest BCUT2D eigenvalue weighted by Crippen LogP contribution is 2.08. The minimum Gasteiger partial charge on any atom is -0.300 e. The number of hydrogen-bond acceptors (Lipinski definition) is 3. The van der Waals surface area contributed by atoms with Gasteiger partial charge in [-0.2, -0.15) is 0 Å². The number of pyridine rings is 1. The van der Waals surface area contributed by atoms with Crippen molar-refractivity contribution in [2.45, 2.75) is 19.8 Å². The number of Topliss-reactive ketones (excluding diaryl/α,β-unsaturated/α-hetero) is 2. The van der Waals surface area contributed by atoms with E-state index in [-0.39, 0.29) is 24.4 Å². The van der Waals surface area contributed by atoms with E-state index in [4.69, 9.17) is 0 Å². The van der Waals surface area contributed by atoms with Crippen LogP contribution in [0.25, 0.3) is 0 Å². The van der Waals surface area contributed by atoms with Crippen LogP contribution < -0.4 is 0 Å². The van der Waals surface area contributed by atoms with Crippen LogP contribution in [0.2, 0.25) is 0 Å². The van der Waals surface area contributed by atoms with Crippen molar-refractivity contribution in [3.8, 4) is 0 Å². The zero-order valence-corrected chi connectivity index (χ0v) is 9.37. The third-order valence-electron chi connectivity index (χ3n) is 1.70. The van der Waals surface area contributed by atoms with Gasteiger partial charge in [-0.15, -0.1) is 0 Å². The fourth-order valence-electron chi connectivity index (χ4n) is 0.981. The maximum absolute atomic E-state index is 11.5. The Morgan fingerprint density at radius 1 is 1.36 bits per heavy atom. The molecule has 0 amide bonds. The molecule has 14 heavy (non-hydrogen) atoms. The normalized spacial score (nSPS) is 9.86. The van der Waals surface area contributed by atoms with Gasteiger partial charge in [-0.3, -0.25) is 4.79 Å². The van der Waals surface area contributed by atoms with Gasteiger partial charge < -0.3 is 4.79 Å². The third kappa shape index (κ3) is 3.38. The van der Waals surface area contributed by atoms with Gasteiger partial charge in [0, 0.05) is 12.8 Å². The molecular formula is C10H10BrNO2. The molecule has 0 saturated heterocycles. The SMILES string of the molecule is CC(=O)CCC(=O)c1cccc(Br)n1. The number of rotatable bonds is 4. The molecule has 0 N–H and O–H groups in total. The average molecular weight is 256 g/mol. The quantitative estimate of drug-likeness (QED) is 0.613. The van der Waals surface area contributed by atoms with E-state index in [1.807, 2.05) is 0 Å². The van der Waals surface area contributed by atoms with Crippen molar-refractivity contribution in [1.82, 2.24) is 4.98 Å². The summed E-state index contributed by atoms with van der Waals surface area (Å²) in [5.74, 6) is -0.0742. The molecule has 74 valence electrons. The summed E-state index contributed by atoms with van der Waals surface area (Å²) < 4.78 is 0.631. The second-order valence-electron chi connectivity index (χ2n) is 2.97. The van der Waals surface area contributed by atoms with E-state index >= 15 is 0 Å². The van der Waals surface area contributed by atoms with Gasteiger partial charge in [0.25, 0.3) is 0 Å². The first-order valence-corrected chi connectivity index (χ1v) is 5.04. The van der Waals surface area contributed by atoms with Gasteiger partial charge in [0.15, 0.2) is 5.78 Å². The molecular weight excluding hydrogens is 246 g/mol. The van der Waals surface area contributed by atoms with Crippen LogP contribution in [0.3, 0.4) is 0 Å². The van der Waals surface area contributed by atoms with Crippen molar-refractivity contribution < 1.29 is 9.59 Å². The topological polar surface area (TPSA) is 47.0 Å². The number of halogens is 1. The predicted octanol–water partition coefficient (Wildman–Crippen LogP) is 2.40. The molecule has 1 aromatic heterocycles. The Morgan fingerprint density at radius 3 is 2.64 bits per heavy atom. The fraction of sp³-hybridized carbons (Fsp3) is 0.300. The van der Waals surface area contributed by atoms with Crippen molar-refractivity contribution in [2.75, 3.05) is 0 Å². The summed E-state index contributed by atoms with van der Waals surface area (Å²) in [6, 6.07) is 5.15. The van der Waals surface area contributed by atoms with Crippen LogP contribution in [0.15, 0.2) is 22.8 Å². The van der Waals surface area contributed by atoms with E-state index in [1.54, 1.807) is 18.2 Å². The first-order chi connectivity index (χ1) is 6.59. The lowest BCUT2D eigenvalue weighted by atomic mass is 10.1. The maximum atomic E-state index is 11.5. The largest absolute Gasteiger partial charge is 0.300 e. The zero-order chi connectivity index (χ0) is 10.6. The van der Waals surface area contributed by atoms with Crippen molar-refractivity contribution in [3.63, 3.8) is 0 Å². The molecule has 3 nitrogen and oxygen atoms in total. The first-order valence-electron chi connectivity index (χ1n) is 4.25. The van der Waals surface area contributed by atoms with Crippen LogP contribution >= 0.6 is 15.9 Å².